The molecule has 3 nitrogen and oxygen atoms in total. The zero-order chi connectivity index (χ0) is 14.6. The maximum atomic E-state index is 11.0. The first-order chi connectivity index (χ1) is 8.74. The molecule has 0 bridgehead atoms. The predicted octanol–water partition coefficient (Wildman–Crippen LogP) is 3.88. The topological polar surface area (TPSA) is 46.5 Å². The van der Waals surface area contributed by atoms with Crippen molar-refractivity contribution >= 4 is 5.97 Å². The van der Waals surface area contributed by atoms with Gasteiger partial charge in [0.15, 0.2) is 0 Å². The predicted molar refractivity (Wildman–Crippen MR) is 76.8 cm³/mol. The molecule has 1 aromatic rings. The van der Waals surface area contributed by atoms with E-state index in [-0.39, 0.29) is 0 Å². The third-order valence-electron chi connectivity index (χ3n) is 3.69. The number of benzene rings is 1. The molecule has 0 atom stereocenters. The van der Waals surface area contributed by atoms with Crippen LogP contribution in [0.5, 0.6) is 5.75 Å². The Hall–Kier alpha value is -1.51. The molecular weight excluding hydrogens is 240 g/mol. The summed E-state index contributed by atoms with van der Waals surface area (Å²) < 4.78 is 5.70. The van der Waals surface area contributed by atoms with Crippen molar-refractivity contribution in [3.8, 4) is 5.75 Å². The van der Waals surface area contributed by atoms with E-state index in [4.69, 9.17) is 9.84 Å². The number of carboxylic acids is 1. The van der Waals surface area contributed by atoms with E-state index >= 15 is 0 Å². The number of carbonyl (C=O) groups is 1. The number of hydrogen-bond acceptors (Lipinski definition) is 2. The molecule has 0 aliphatic heterocycles. The second-order valence-corrected chi connectivity index (χ2v) is 5.82. The highest BCUT2D eigenvalue weighted by Crippen LogP contribution is 2.24. The van der Waals surface area contributed by atoms with Crippen LogP contribution in [-0.4, -0.2) is 17.7 Å². The maximum absolute atomic E-state index is 11.0. The summed E-state index contributed by atoms with van der Waals surface area (Å²) >= 11 is 0. The van der Waals surface area contributed by atoms with E-state index in [1.54, 1.807) is 13.8 Å². The Morgan fingerprint density at radius 1 is 1.21 bits per heavy atom. The van der Waals surface area contributed by atoms with Crippen LogP contribution in [0.3, 0.4) is 0 Å². The third kappa shape index (κ3) is 4.27. The van der Waals surface area contributed by atoms with E-state index in [0.29, 0.717) is 13.0 Å². The Balaban J connectivity index is 2.49. The smallest absolute Gasteiger partial charge is 0.309 e. The van der Waals surface area contributed by atoms with Gasteiger partial charge in [-0.25, -0.2) is 0 Å². The van der Waals surface area contributed by atoms with E-state index in [0.717, 1.165) is 12.2 Å². The number of hydrogen-bond donors (Lipinski definition) is 1. The zero-order valence-electron chi connectivity index (χ0n) is 12.5. The molecule has 0 aliphatic rings. The van der Waals surface area contributed by atoms with Gasteiger partial charge in [-0.15, -0.1) is 0 Å². The van der Waals surface area contributed by atoms with Gasteiger partial charge in [-0.3, -0.25) is 4.79 Å². The van der Waals surface area contributed by atoms with Crippen LogP contribution in [0, 0.1) is 26.2 Å². The molecule has 0 amide bonds. The summed E-state index contributed by atoms with van der Waals surface area (Å²) in [6, 6.07) is 4.06. The first-order valence-corrected chi connectivity index (χ1v) is 6.68. The van der Waals surface area contributed by atoms with Crippen molar-refractivity contribution in [2.45, 2.75) is 47.5 Å². The Morgan fingerprint density at radius 3 is 2.21 bits per heavy atom. The van der Waals surface area contributed by atoms with Crippen LogP contribution in [0.25, 0.3) is 0 Å². The lowest BCUT2D eigenvalue weighted by atomic mass is 9.88. The maximum Gasteiger partial charge on any atom is 0.309 e. The van der Waals surface area contributed by atoms with Crippen LogP contribution in [0.15, 0.2) is 12.1 Å². The van der Waals surface area contributed by atoms with Crippen LogP contribution < -0.4 is 4.74 Å². The standard InChI is InChI=1S/C16H24O3/c1-11-9-14(10-12(2)13(11)3)19-8-6-7-16(4,5)15(17)18/h9-10H,6-8H2,1-5H3,(H,17,18). The largest absolute Gasteiger partial charge is 0.494 e. The van der Waals surface area contributed by atoms with Gasteiger partial charge in [0.25, 0.3) is 0 Å². The van der Waals surface area contributed by atoms with Gasteiger partial charge in [0.05, 0.1) is 12.0 Å². The zero-order valence-corrected chi connectivity index (χ0v) is 12.5. The summed E-state index contributed by atoms with van der Waals surface area (Å²) in [5, 5.41) is 9.02. The van der Waals surface area contributed by atoms with E-state index < -0.39 is 11.4 Å². The summed E-state index contributed by atoms with van der Waals surface area (Å²) in [6.07, 6.45) is 1.36. The molecule has 0 radical (unpaired) electrons. The van der Waals surface area contributed by atoms with E-state index in [9.17, 15) is 4.79 Å². The second kappa shape index (κ2) is 6.09. The van der Waals surface area contributed by atoms with Gasteiger partial charge in [0.1, 0.15) is 5.75 Å². The quantitative estimate of drug-likeness (QED) is 0.793. The summed E-state index contributed by atoms with van der Waals surface area (Å²) in [7, 11) is 0. The van der Waals surface area contributed by atoms with Crippen molar-refractivity contribution in [3.63, 3.8) is 0 Å². The summed E-state index contributed by atoms with van der Waals surface area (Å²) in [5.74, 6) is 0.114. The molecule has 0 aromatic heterocycles. The molecule has 0 aliphatic carbocycles. The van der Waals surface area contributed by atoms with Gasteiger partial charge in [-0.1, -0.05) is 0 Å². The number of aryl methyl sites for hydroxylation is 2. The summed E-state index contributed by atoms with van der Waals surface area (Å²) in [5.41, 5.74) is 3.06. The van der Waals surface area contributed by atoms with Gasteiger partial charge in [0, 0.05) is 0 Å². The molecule has 1 rings (SSSR count). The van der Waals surface area contributed by atoms with Gasteiger partial charge in [-0.2, -0.15) is 0 Å². The highest BCUT2D eigenvalue weighted by molar-refractivity contribution is 5.73. The molecule has 0 unspecified atom stereocenters. The Bertz CT molecular complexity index is 438. The average Bonchev–Trinajstić information content (AvgIpc) is 2.31. The second-order valence-electron chi connectivity index (χ2n) is 5.82. The monoisotopic (exact) mass is 264 g/mol. The molecule has 0 spiro atoms. The highest BCUT2D eigenvalue weighted by Gasteiger charge is 2.26. The van der Waals surface area contributed by atoms with Gasteiger partial charge < -0.3 is 9.84 Å². The van der Waals surface area contributed by atoms with Gasteiger partial charge in [0.2, 0.25) is 0 Å². The Kier molecular flexibility index (Phi) is 4.98. The molecular formula is C16H24O3. The molecule has 0 fully saturated rings. The fourth-order valence-electron chi connectivity index (χ4n) is 1.89. The lowest BCUT2D eigenvalue weighted by molar-refractivity contribution is -0.147. The fourth-order valence-corrected chi connectivity index (χ4v) is 1.89. The van der Waals surface area contributed by atoms with Crippen LogP contribution in [-0.2, 0) is 4.79 Å². The average molecular weight is 264 g/mol. The fraction of sp³-hybridized carbons (Fsp3) is 0.562. The van der Waals surface area contributed by atoms with E-state index in [1.807, 2.05) is 12.1 Å². The Labute approximate surface area is 115 Å². The van der Waals surface area contributed by atoms with Crippen LogP contribution in [0.2, 0.25) is 0 Å². The molecule has 1 N–H and O–H groups in total. The first-order valence-electron chi connectivity index (χ1n) is 6.68. The van der Waals surface area contributed by atoms with Crippen LogP contribution in [0.1, 0.15) is 43.4 Å². The molecule has 0 saturated heterocycles. The minimum Gasteiger partial charge on any atom is -0.494 e. The molecule has 3 heteroatoms. The van der Waals surface area contributed by atoms with Crippen molar-refractivity contribution in [2.75, 3.05) is 6.61 Å². The number of ether oxygens (including phenoxy) is 1. The van der Waals surface area contributed by atoms with Crippen molar-refractivity contribution in [1.29, 1.82) is 0 Å². The highest BCUT2D eigenvalue weighted by atomic mass is 16.5. The SMILES string of the molecule is Cc1cc(OCCCC(C)(C)C(=O)O)cc(C)c1C. The van der Waals surface area contributed by atoms with Gasteiger partial charge >= 0.3 is 5.97 Å². The molecule has 106 valence electrons. The minimum atomic E-state index is -0.755. The minimum absolute atomic E-state index is 0.554. The first kappa shape index (κ1) is 15.5. The third-order valence-corrected chi connectivity index (χ3v) is 3.69. The summed E-state index contributed by atoms with van der Waals surface area (Å²) in [4.78, 5) is 11.0. The number of aliphatic carboxylic acids is 1. The lowest BCUT2D eigenvalue weighted by Crippen LogP contribution is -2.24. The van der Waals surface area contributed by atoms with Crippen LogP contribution in [0.4, 0.5) is 0 Å². The Morgan fingerprint density at radius 2 is 1.74 bits per heavy atom. The molecule has 0 heterocycles. The van der Waals surface area contributed by atoms with Crippen molar-refractivity contribution < 1.29 is 14.6 Å². The number of carboxylic acid groups (broad SMARTS) is 1. The molecule has 1 aromatic carbocycles. The lowest BCUT2D eigenvalue weighted by Gasteiger charge is -2.19. The van der Waals surface area contributed by atoms with Crippen molar-refractivity contribution in [2.24, 2.45) is 5.41 Å². The van der Waals surface area contributed by atoms with E-state index in [1.165, 1.54) is 16.7 Å². The summed E-state index contributed by atoms with van der Waals surface area (Å²) in [6.45, 7) is 10.3. The van der Waals surface area contributed by atoms with Crippen molar-refractivity contribution in [1.82, 2.24) is 0 Å². The van der Waals surface area contributed by atoms with Crippen molar-refractivity contribution in [3.05, 3.63) is 28.8 Å². The molecule has 0 saturated carbocycles. The van der Waals surface area contributed by atoms with E-state index in [2.05, 4.69) is 20.8 Å². The van der Waals surface area contributed by atoms with Gasteiger partial charge in [-0.05, 0) is 76.3 Å². The molecule has 19 heavy (non-hydrogen) atoms. The van der Waals surface area contributed by atoms with Crippen LogP contribution >= 0.6 is 0 Å². The normalized spacial score (nSPS) is 11.4. The number of rotatable bonds is 6.